The van der Waals surface area contributed by atoms with E-state index in [0.717, 1.165) is 54.0 Å². The molecule has 5 rings (SSSR count). The van der Waals surface area contributed by atoms with Crippen LogP contribution in [-0.2, 0) is 17.9 Å². The molecule has 0 unspecified atom stereocenters. The van der Waals surface area contributed by atoms with Crippen molar-refractivity contribution in [3.63, 3.8) is 0 Å². The largest absolute Gasteiger partial charge is 0.352 e. The molecule has 0 saturated carbocycles. The van der Waals surface area contributed by atoms with E-state index in [-0.39, 0.29) is 17.6 Å². The van der Waals surface area contributed by atoms with E-state index in [1.165, 1.54) is 6.07 Å². The third-order valence-corrected chi connectivity index (χ3v) is 6.79. The minimum atomic E-state index is -0.243. The summed E-state index contributed by atoms with van der Waals surface area (Å²) in [5.41, 5.74) is 3.73. The maximum absolute atomic E-state index is 13.8. The van der Waals surface area contributed by atoms with Crippen molar-refractivity contribution in [3.05, 3.63) is 94.8 Å². The Morgan fingerprint density at radius 3 is 2.59 bits per heavy atom. The van der Waals surface area contributed by atoms with Crippen molar-refractivity contribution in [3.8, 4) is 0 Å². The SMILES string of the molecule is O=C(NCc1ccccc1Cl)C1CCN(c2nc3ccccc3n2Cc2cccc(F)c2)CC1. The molecule has 1 fully saturated rings. The summed E-state index contributed by atoms with van der Waals surface area (Å²) >= 11 is 6.21. The van der Waals surface area contributed by atoms with E-state index < -0.39 is 0 Å². The van der Waals surface area contributed by atoms with Gasteiger partial charge in [0.05, 0.1) is 17.6 Å². The van der Waals surface area contributed by atoms with Crippen molar-refractivity contribution in [2.75, 3.05) is 18.0 Å². The molecule has 1 saturated heterocycles. The maximum Gasteiger partial charge on any atom is 0.223 e. The van der Waals surface area contributed by atoms with Crippen LogP contribution in [0.3, 0.4) is 0 Å². The Labute approximate surface area is 203 Å². The second-order valence-corrected chi connectivity index (χ2v) is 9.09. The van der Waals surface area contributed by atoms with Gasteiger partial charge in [0.15, 0.2) is 0 Å². The average Bonchev–Trinajstić information content (AvgIpc) is 3.22. The first-order chi connectivity index (χ1) is 16.6. The second kappa shape index (κ2) is 9.85. The van der Waals surface area contributed by atoms with Gasteiger partial charge in [-0.05, 0) is 54.3 Å². The van der Waals surface area contributed by atoms with E-state index in [1.807, 2.05) is 54.6 Å². The lowest BCUT2D eigenvalue weighted by Gasteiger charge is -2.32. The molecule has 2 heterocycles. The summed E-state index contributed by atoms with van der Waals surface area (Å²) in [7, 11) is 0. The number of nitrogens with zero attached hydrogens (tertiary/aromatic N) is 3. The van der Waals surface area contributed by atoms with Crippen LogP contribution in [0.25, 0.3) is 11.0 Å². The van der Waals surface area contributed by atoms with Crippen LogP contribution in [0, 0.1) is 11.7 Å². The number of carbonyl (C=O) groups is 1. The number of carbonyl (C=O) groups excluding carboxylic acids is 1. The summed E-state index contributed by atoms with van der Waals surface area (Å²) in [6.07, 6.45) is 1.50. The maximum atomic E-state index is 13.8. The molecule has 3 aromatic carbocycles. The van der Waals surface area contributed by atoms with Crippen molar-refractivity contribution in [1.29, 1.82) is 0 Å². The van der Waals surface area contributed by atoms with Gasteiger partial charge in [-0.2, -0.15) is 0 Å². The summed E-state index contributed by atoms with van der Waals surface area (Å²) in [5.74, 6) is 0.639. The molecule has 5 nitrogen and oxygen atoms in total. The fourth-order valence-corrected chi connectivity index (χ4v) is 4.79. The van der Waals surface area contributed by atoms with Crippen LogP contribution >= 0.6 is 11.6 Å². The number of imidazole rings is 1. The topological polar surface area (TPSA) is 50.2 Å². The predicted octanol–water partition coefficient (Wildman–Crippen LogP) is 5.41. The zero-order chi connectivity index (χ0) is 23.5. The zero-order valence-corrected chi connectivity index (χ0v) is 19.5. The van der Waals surface area contributed by atoms with Crippen molar-refractivity contribution in [2.45, 2.75) is 25.9 Å². The number of hydrogen-bond donors (Lipinski definition) is 1. The molecule has 1 aliphatic heterocycles. The third kappa shape index (κ3) is 4.77. The standard InChI is InChI=1S/C27H26ClFN4O/c28-23-9-2-1-7-21(23)17-30-26(34)20-12-14-32(15-13-20)27-31-24-10-3-4-11-25(24)33(27)18-19-6-5-8-22(29)16-19/h1-11,16,20H,12-15,17-18H2,(H,30,34). The highest BCUT2D eigenvalue weighted by atomic mass is 35.5. The number of halogens is 2. The van der Waals surface area contributed by atoms with Gasteiger partial charge >= 0.3 is 0 Å². The fourth-order valence-electron chi connectivity index (χ4n) is 4.59. The summed E-state index contributed by atoms with van der Waals surface area (Å²) in [6.45, 7) is 2.43. The van der Waals surface area contributed by atoms with E-state index in [2.05, 4.69) is 14.8 Å². The molecular weight excluding hydrogens is 451 g/mol. The van der Waals surface area contributed by atoms with Gasteiger partial charge in [0.25, 0.3) is 0 Å². The van der Waals surface area contributed by atoms with E-state index in [0.29, 0.717) is 18.1 Å². The lowest BCUT2D eigenvalue weighted by Crippen LogP contribution is -2.41. The molecule has 0 radical (unpaired) electrons. The molecule has 7 heteroatoms. The van der Waals surface area contributed by atoms with Crippen molar-refractivity contribution >= 4 is 34.5 Å². The smallest absolute Gasteiger partial charge is 0.223 e. The van der Waals surface area contributed by atoms with E-state index in [4.69, 9.17) is 16.6 Å². The molecule has 0 aliphatic carbocycles. The van der Waals surface area contributed by atoms with Crippen molar-refractivity contribution < 1.29 is 9.18 Å². The number of nitrogens with one attached hydrogen (secondary N) is 1. The average molecular weight is 477 g/mol. The number of fused-ring (bicyclic) bond motifs is 1. The molecule has 34 heavy (non-hydrogen) atoms. The quantitative estimate of drug-likeness (QED) is 0.405. The Balaban J connectivity index is 1.29. The van der Waals surface area contributed by atoms with Gasteiger partial charge in [-0.25, -0.2) is 9.37 Å². The van der Waals surface area contributed by atoms with Gasteiger partial charge in [-0.1, -0.05) is 54.1 Å². The summed E-state index contributed by atoms with van der Waals surface area (Å²) in [4.78, 5) is 19.9. The van der Waals surface area contributed by atoms with Gasteiger partial charge in [-0.15, -0.1) is 0 Å². The highest BCUT2D eigenvalue weighted by Gasteiger charge is 2.27. The summed E-state index contributed by atoms with van der Waals surface area (Å²) < 4.78 is 15.9. The second-order valence-electron chi connectivity index (χ2n) is 8.69. The van der Waals surface area contributed by atoms with E-state index in [9.17, 15) is 9.18 Å². The molecule has 0 spiro atoms. The Morgan fingerprint density at radius 2 is 1.79 bits per heavy atom. The normalized spacial score (nSPS) is 14.5. The molecule has 174 valence electrons. The predicted molar refractivity (Wildman–Crippen MR) is 133 cm³/mol. The number of para-hydroxylation sites is 2. The lowest BCUT2D eigenvalue weighted by molar-refractivity contribution is -0.125. The first-order valence-electron chi connectivity index (χ1n) is 11.5. The van der Waals surface area contributed by atoms with Crippen molar-refractivity contribution in [2.24, 2.45) is 5.92 Å². The first-order valence-corrected chi connectivity index (χ1v) is 11.9. The lowest BCUT2D eigenvalue weighted by atomic mass is 9.96. The highest BCUT2D eigenvalue weighted by Crippen LogP contribution is 2.28. The fraction of sp³-hybridized carbons (Fsp3) is 0.259. The summed E-state index contributed by atoms with van der Waals surface area (Å²) in [5, 5.41) is 3.70. The van der Waals surface area contributed by atoms with E-state index >= 15 is 0 Å². The van der Waals surface area contributed by atoms with Crippen LogP contribution < -0.4 is 10.2 Å². The van der Waals surface area contributed by atoms with Crippen LogP contribution in [0.4, 0.5) is 10.3 Å². The minimum absolute atomic E-state index is 0.0419. The van der Waals surface area contributed by atoms with Gasteiger partial charge < -0.3 is 14.8 Å². The van der Waals surface area contributed by atoms with Gasteiger partial charge in [0.1, 0.15) is 5.82 Å². The molecule has 1 aromatic heterocycles. The minimum Gasteiger partial charge on any atom is -0.352 e. The van der Waals surface area contributed by atoms with Crippen LogP contribution in [-0.4, -0.2) is 28.5 Å². The summed E-state index contributed by atoms with van der Waals surface area (Å²) in [6, 6.07) is 22.2. The number of aromatic nitrogens is 2. The zero-order valence-electron chi connectivity index (χ0n) is 18.8. The highest BCUT2D eigenvalue weighted by molar-refractivity contribution is 6.31. The molecule has 0 bridgehead atoms. The monoisotopic (exact) mass is 476 g/mol. The number of rotatable bonds is 6. The molecular formula is C27H26ClFN4O. The van der Waals surface area contributed by atoms with Gasteiger partial charge in [0.2, 0.25) is 11.9 Å². The third-order valence-electron chi connectivity index (χ3n) is 6.42. The van der Waals surface area contributed by atoms with Gasteiger partial charge in [0, 0.05) is 30.6 Å². The Morgan fingerprint density at radius 1 is 1.03 bits per heavy atom. The number of hydrogen-bond acceptors (Lipinski definition) is 3. The van der Waals surface area contributed by atoms with Gasteiger partial charge in [-0.3, -0.25) is 4.79 Å². The Bertz CT molecular complexity index is 1310. The molecule has 1 aliphatic rings. The van der Waals surface area contributed by atoms with E-state index in [1.54, 1.807) is 12.1 Å². The Hall–Kier alpha value is -3.38. The number of benzene rings is 3. The van der Waals surface area contributed by atoms with Crippen molar-refractivity contribution in [1.82, 2.24) is 14.9 Å². The number of anilines is 1. The van der Waals surface area contributed by atoms with Crippen LogP contribution in [0.2, 0.25) is 5.02 Å². The molecule has 1 amide bonds. The molecule has 1 N–H and O–H groups in total. The molecule has 4 aromatic rings. The van der Waals surface area contributed by atoms with Crippen LogP contribution in [0.5, 0.6) is 0 Å². The Kier molecular flexibility index (Phi) is 6.50. The number of piperidine rings is 1. The van der Waals surface area contributed by atoms with Crippen LogP contribution in [0.1, 0.15) is 24.0 Å². The molecule has 0 atom stereocenters. The first kappa shape index (κ1) is 22.4. The number of amides is 1. The van der Waals surface area contributed by atoms with Crippen LogP contribution in [0.15, 0.2) is 72.8 Å².